The molecule has 0 spiro atoms. The van der Waals surface area contributed by atoms with Crippen molar-refractivity contribution in [2.24, 2.45) is 0 Å². The Morgan fingerprint density at radius 1 is 1.37 bits per heavy atom. The van der Waals surface area contributed by atoms with Crippen molar-refractivity contribution in [2.75, 3.05) is 39.3 Å². The van der Waals surface area contributed by atoms with Crippen LogP contribution in [0.25, 0.3) is 0 Å². The molecule has 0 radical (unpaired) electrons. The second-order valence-corrected chi connectivity index (χ2v) is 5.75. The number of carbonyl (C=O) groups is 1. The van der Waals surface area contributed by atoms with Gasteiger partial charge in [0.1, 0.15) is 0 Å². The van der Waals surface area contributed by atoms with Crippen molar-refractivity contribution in [1.29, 1.82) is 0 Å². The van der Waals surface area contributed by atoms with Gasteiger partial charge in [-0.3, -0.25) is 9.69 Å². The van der Waals surface area contributed by atoms with Crippen molar-refractivity contribution in [2.45, 2.75) is 19.9 Å². The van der Waals surface area contributed by atoms with Gasteiger partial charge in [0.25, 0.3) is 0 Å². The van der Waals surface area contributed by atoms with Gasteiger partial charge < -0.3 is 10.2 Å². The van der Waals surface area contributed by atoms with Crippen LogP contribution in [0.2, 0.25) is 0 Å². The van der Waals surface area contributed by atoms with E-state index in [1.165, 1.54) is 5.56 Å². The lowest BCUT2D eigenvalue weighted by atomic mass is 10.2. The van der Waals surface area contributed by atoms with Crippen molar-refractivity contribution in [3.05, 3.63) is 22.4 Å². The average Bonchev–Trinajstić information content (AvgIpc) is 2.93. The van der Waals surface area contributed by atoms with E-state index in [1.807, 2.05) is 4.90 Å². The molecule has 2 rings (SSSR count). The predicted molar refractivity (Wildman–Crippen MR) is 79.3 cm³/mol. The fraction of sp³-hybridized carbons (Fsp3) is 0.643. The van der Waals surface area contributed by atoms with Crippen LogP contribution in [-0.4, -0.2) is 55.0 Å². The lowest BCUT2D eigenvalue weighted by molar-refractivity contribution is -0.132. The van der Waals surface area contributed by atoms with E-state index in [2.05, 4.69) is 34.0 Å². The molecule has 0 bridgehead atoms. The summed E-state index contributed by atoms with van der Waals surface area (Å²) in [7, 11) is 0. The summed E-state index contributed by atoms with van der Waals surface area (Å²) in [6.45, 7) is 8.21. The highest BCUT2D eigenvalue weighted by Crippen LogP contribution is 2.11. The highest BCUT2D eigenvalue weighted by atomic mass is 32.1. The van der Waals surface area contributed by atoms with Crippen LogP contribution in [0.3, 0.4) is 0 Å². The topological polar surface area (TPSA) is 35.6 Å². The molecule has 1 amide bonds. The Balaban J connectivity index is 1.68. The minimum Gasteiger partial charge on any atom is -0.339 e. The zero-order chi connectivity index (χ0) is 13.5. The molecule has 1 aliphatic heterocycles. The molecular formula is C14H23N3OS. The van der Waals surface area contributed by atoms with Crippen molar-refractivity contribution in [3.63, 3.8) is 0 Å². The number of carbonyl (C=O) groups excluding carboxylic acids is 1. The minimum absolute atomic E-state index is 0.239. The Morgan fingerprint density at radius 2 is 2.16 bits per heavy atom. The second-order valence-electron chi connectivity index (χ2n) is 4.97. The number of thiophene rings is 1. The number of piperazine rings is 1. The first-order chi connectivity index (χ1) is 9.29. The highest BCUT2D eigenvalue weighted by Gasteiger charge is 2.20. The maximum absolute atomic E-state index is 11.9. The van der Waals surface area contributed by atoms with Gasteiger partial charge in [0.15, 0.2) is 0 Å². The molecule has 1 aromatic heterocycles. The maximum Gasteiger partial charge on any atom is 0.236 e. The summed E-state index contributed by atoms with van der Waals surface area (Å²) in [5.41, 5.74) is 1.38. The number of nitrogens with one attached hydrogen (secondary N) is 1. The molecule has 1 fully saturated rings. The van der Waals surface area contributed by atoms with E-state index < -0.39 is 0 Å². The van der Waals surface area contributed by atoms with E-state index in [4.69, 9.17) is 0 Å². The van der Waals surface area contributed by atoms with Crippen LogP contribution in [0.4, 0.5) is 0 Å². The number of hydrogen-bond donors (Lipinski definition) is 1. The number of hydrogen-bond acceptors (Lipinski definition) is 4. The van der Waals surface area contributed by atoms with Gasteiger partial charge in [-0.25, -0.2) is 0 Å². The Morgan fingerprint density at radius 3 is 2.79 bits per heavy atom. The molecule has 2 heterocycles. The lowest BCUT2D eigenvalue weighted by Crippen LogP contribution is -2.50. The van der Waals surface area contributed by atoms with E-state index in [-0.39, 0.29) is 5.91 Å². The van der Waals surface area contributed by atoms with Crippen molar-refractivity contribution < 1.29 is 4.79 Å². The Kier molecular flexibility index (Phi) is 5.82. The molecule has 0 aliphatic carbocycles. The third-order valence-electron chi connectivity index (χ3n) is 3.41. The van der Waals surface area contributed by atoms with E-state index in [1.54, 1.807) is 11.3 Å². The Labute approximate surface area is 119 Å². The molecule has 0 saturated carbocycles. The third-order valence-corrected chi connectivity index (χ3v) is 4.15. The predicted octanol–water partition coefficient (Wildman–Crippen LogP) is 1.39. The summed E-state index contributed by atoms with van der Waals surface area (Å²) >= 11 is 1.75. The van der Waals surface area contributed by atoms with Crippen LogP contribution in [0, 0.1) is 0 Å². The van der Waals surface area contributed by atoms with Crippen LogP contribution >= 0.6 is 11.3 Å². The molecule has 1 aliphatic rings. The van der Waals surface area contributed by atoms with Crippen molar-refractivity contribution >= 4 is 17.2 Å². The van der Waals surface area contributed by atoms with E-state index in [0.717, 1.165) is 45.7 Å². The summed E-state index contributed by atoms with van der Waals surface area (Å²) in [5, 5.41) is 7.50. The molecular weight excluding hydrogens is 258 g/mol. The quantitative estimate of drug-likeness (QED) is 0.801. The fourth-order valence-corrected chi connectivity index (χ4v) is 2.94. The average molecular weight is 281 g/mol. The summed E-state index contributed by atoms with van der Waals surface area (Å²) in [4.78, 5) is 16.3. The summed E-state index contributed by atoms with van der Waals surface area (Å²) < 4.78 is 0. The largest absolute Gasteiger partial charge is 0.339 e. The zero-order valence-corrected chi connectivity index (χ0v) is 12.4. The van der Waals surface area contributed by atoms with Gasteiger partial charge in [-0.2, -0.15) is 11.3 Å². The minimum atomic E-state index is 0.239. The number of amides is 1. The molecule has 19 heavy (non-hydrogen) atoms. The van der Waals surface area contributed by atoms with E-state index >= 15 is 0 Å². The maximum atomic E-state index is 11.9. The molecule has 1 saturated heterocycles. The van der Waals surface area contributed by atoms with Gasteiger partial charge in [-0.1, -0.05) is 6.92 Å². The fourth-order valence-electron chi connectivity index (χ4n) is 2.28. The standard InChI is InChI=1S/C14H23N3OS/c1-2-4-15-10-14(18)17-7-5-16(6-8-17)11-13-3-9-19-12-13/h3,9,12,15H,2,4-8,10-11H2,1H3. The van der Waals surface area contributed by atoms with Gasteiger partial charge >= 0.3 is 0 Å². The first kappa shape index (κ1) is 14.5. The monoisotopic (exact) mass is 281 g/mol. The van der Waals surface area contributed by atoms with Crippen LogP contribution in [0.1, 0.15) is 18.9 Å². The lowest BCUT2D eigenvalue weighted by Gasteiger charge is -2.34. The zero-order valence-electron chi connectivity index (χ0n) is 11.6. The molecule has 5 heteroatoms. The normalized spacial score (nSPS) is 16.8. The molecule has 1 N–H and O–H groups in total. The highest BCUT2D eigenvalue weighted by molar-refractivity contribution is 7.07. The van der Waals surface area contributed by atoms with Gasteiger partial charge in [-0.15, -0.1) is 0 Å². The van der Waals surface area contributed by atoms with Crippen LogP contribution < -0.4 is 5.32 Å². The molecule has 1 aromatic rings. The number of nitrogens with zero attached hydrogens (tertiary/aromatic N) is 2. The van der Waals surface area contributed by atoms with Crippen LogP contribution in [-0.2, 0) is 11.3 Å². The van der Waals surface area contributed by atoms with E-state index in [9.17, 15) is 4.79 Å². The molecule has 0 unspecified atom stereocenters. The Bertz CT molecular complexity index is 372. The Hall–Kier alpha value is -0.910. The van der Waals surface area contributed by atoms with Crippen molar-refractivity contribution in [1.82, 2.24) is 15.1 Å². The van der Waals surface area contributed by atoms with Gasteiger partial charge in [0.05, 0.1) is 6.54 Å². The molecule has 106 valence electrons. The smallest absolute Gasteiger partial charge is 0.236 e. The molecule has 4 nitrogen and oxygen atoms in total. The summed E-state index contributed by atoms with van der Waals surface area (Å²) in [5.74, 6) is 0.239. The summed E-state index contributed by atoms with van der Waals surface area (Å²) in [6.07, 6.45) is 1.07. The first-order valence-electron chi connectivity index (χ1n) is 7.01. The number of rotatable bonds is 6. The SMILES string of the molecule is CCCNCC(=O)N1CCN(Cc2ccsc2)CC1. The first-order valence-corrected chi connectivity index (χ1v) is 7.96. The van der Waals surface area contributed by atoms with E-state index in [0.29, 0.717) is 6.54 Å². The van der Waals surface area contributed by atoms with Crippen molar-refractivity contribution in [3.8, 4) is 0 Å². The van der Waals surface area contributed by atoms with Gasteiger partial charge in [0, 0.05) is 32.7 Å². The summed E-state index contributed by atoms with van der Waals surface area (Å²) in [6, 6.07) is 2.18. The van der Waals surface area contributed by atoms with Gasteiger partial charge in [-0.05, 0) is 35.4 Å². The molecule has 0 atom stereocenters. The molecule has 0 aromatic carbocycles. The van der Waals surface area contributed by atoms with Crippen LogP contribution in [0.15, 0.2) is 16.8 Å². The second kappa shape index (κ2) is 7.62. The van der Waals surface area contributed by atoms with Crippen LogP contribution in [0.5, 0.6) is 0 Å². The van der Waals surface area contributed by atoms with Gasteiger partial charge in [0.2, 0.25) is 5.91 Å². The third kappa shape index (κ3) is 4.60.